The van der Waals surface area contributed by atoms with Crippen LogP contribution in [-0.2, 0) is 20.7 Å². The molecule has 1 N–H and O–H groups in total. The minimum absolute atomic E-state index is 0.00572. The van der Waals surface area contributed by atoms with Gasteiger partial charge in [0.05, 0.1) is 7.11 Å². The summed E-state index contributed by atoms with van der Waals surface area (Å²) in [6.45, 7) is -0.304. The van der Waals surface area contributed by atoms with Crippen molar-refractivity contribution in [3.63, 3.8) is 0 Å². The maximum Gasteiger partial charge on any atom is 0.331 e. The number of esters is 1. The summed E-state index contributed by atoms with van der Waals surface area (Å²) in [4.78, 5) is 23.5. The van der Waals surface area contributed by atoms with Crippen molar-refractivity contribution in [1.29, 1.82) is 0 Å². The number of phenols is 1. The smallest absolute Gasteiger partial charge is 0.331 e. The molecule has 124 valence electrons. The fourth-order valence-electron chi connectivity index (χ4n) is 2.04. The summed E-state index contributed by atoms with van der Waals surface area (Å²) in [6, 6.07) is 14.0. The van der Waals surface area contributed by atoms with Crippen molar-refractivity contribution in [3.8, 4) is 11.5 Å². The van der Waals surface area contributed by atoms with E-state index in [-0.39, 0.29) is 24.6 Å². The highest BCUT2D eigenvalue weighted by molar-refractivity contribution is 5.90. The molecule has 0 aliphatic heterocycles. The van der Waals surface area contributed by atoms with Gasteiger partial charge in [-0.2, -0.15) is 0 Å². The number of methoxy groups -OCH3 is 1. The summed E-state index contributed by atoms with van der Waals surface area (Å²) in [5.41, 5.74) is 1.54. The van der Waals surface area contributed by atoms with E-state index in [1.165, 1.54) is 19.3 Å². The van der Waals surface area contributed by atoms with Crippen LogP contribution in [0.3, 0.4) is 0 Å². The molecule has 2 aromatic carbocycles. The van der Waals surface area contributed by atoms with Crippen LogP contribution in [0.25, 0.3) is 6.08 Å². The Bertz CT molecular complexity index is 735. The SMILES string of the molecule is COc1cc(CC(=O)COC(=O)/C=C/c2ccccc2)ccc1O. The molecular weight excluding hydrogens is 308 g/mol. The largest absolute Gasteiger partial charge is 0.504 e. The van der Waals surface area contributed by atoms with Gasteiger partial charge in [0.15, 0.2) is 23.9 Å². The normalized spacial score (nSPS) is 10.5. The summed E-state index contributed by atoms with van der Waals surface area (Å²) >= 11 is 0. The van der Waals surface area contributed by atoms with Gasteiger partial charge in [0, 0.05) is 12.5 Å². The first-order valence-corrected chi connectivity index (χ1v) is 7.36. The van der Waals surface area contributed by atoms with Gasteiger partial charge in [0.2, 0.25) is 0 Å². The Kier molecular flexibility index (Phi) is 6.14. The van der Waals surface area contributed by atoms with Crippen LogP contribution in [0.2, 0.25) is 0 Å². The lowest BCUT2D eigenvalue weighted by Crippen LogP contribution is -2.14. The van der Waals surface area contributed by atoms with E-state index in [0.717, 1.165) is 5.56 Å². The van der Waals surface area contributed by atoms with Crippen molar-refractivity contribution < 1.29 is 24.2 Å². The fraction of sp³-hybridized carbons (Fsp3) is 0.158. The summed E-state index contributed by atoms with van der Waals surface area (Å²) in [6.07, 6.45) is 3.00. The standard InChI is InChI=1S/C19H18O5/c1-23-18-12-15(7-9-17(18)21)11-16(20)13-24-19(22)10-8-14-5-3-2-4-6-14/h2-10,12,21H,11,13H2,1H3/b10-8+. The van der Waals surface area contributed by atoms with Crippen LogP contribution in [0.1, 0.15) is 11.1 Å². The van der Waals surface area contributed by atoms with Gasteiger partial charge in [-0.05, 0) is 29.3 Å². The highest BCUT2D eigenvalue weighted by atomic mass is 16.5. The maximum atomic E-state index is 11.9. The van der Waals surface area contributed by atoms with Gasteiger partial charge >= 0.3 is 5.97 Å². The zero-order valence-electron chi connectivity index (χ0n) is 13.3. The molecule has 0 spiro atoms. The van der Waals surface area contributed by atoms with Gasteiger partial charge in [-0.15, -0.1) is 0 Å². The van der Waals surface area contributed by atoms with Gasteiger partial charge < -0.3 is 14.6 Å². The Morgan fingerprint density at radius 3 is 2.58 bits per heavy atom. The van der Waals surface area contributed by atoms with Crippen LogP contribution in [-0.4, -0.2) is 30.6 Å². The third-order valence-corrected chi connectivity index (χ3v) is 3.23. The lowest BCUT2D eigenvalue weighted by atomic mass is 10.1. The second-order valence-corrected chi connectivity index (χ2v) is 5.07. The van der Waals surface area contributed by atoms with Gasteiger partial charge in [0.1, 0.15) is 0 Å². The Balaban J connectivity index is 1.82. The van der Waals surface area contributed by atoms with E-state index in [9.17, 15) is 14.7 Å². The summed E-state index contributed by atoms with van der Waals surface area (Å²) in [5.74, 6) is -0.519. The van der Waals surface area contributed by atoms with E-state index >= 15 is 0 Å². The Hall–Kier alpha value is -3.08. The van der Waals surface area contributed by atoms with Crippen molar-refractivity contribution in [2.24, 2.45) is 0 Å². The van der Waals surface area contributed by atoms with Crippen LogP contribution in [0.5, 0.6) is 11.5 Å². The molecule has 0 atom stereocenters. The third kappa shape index (κ3) is 5.28. The molecule has 0 heterocycles. The van der Waals surface area contributed by atoms with Gasteiger partial charge in [-0.3, -0.25) is 4.79 Å². The van der Waals surface area contributed by atoms with Crippen molar-refractivity contribution in [2.75, 3.05) is 13.7 Å². The summed E-state index contributed by atoms with van der Waals surface area (Å²) in [5, 5.41) is 9.51. The molecule has 0 radical (unpaired) electrons. The molecule has 0 unspecified atom stereocenters. The number of phenolic OH excluding ortho intramolecular Hbond substituents is 1. The average molecular weight is 326 g/mol. The highest BCUT2D eigenvalue weighted by Gasteiger charge is 2.09. The molecule has 24 heavy (non-hydrogen) atoms. The first-order chi connectivity index (χ1) is 11.6. The minimum atomic E-state index is -0.574. The van der Waals surface area contributed by atoms with E-state index < -0.39 is 5.97 Å². The number of ether oxygens (including phenoxy) is 2. The number of Topliss-reactive ketones (excluding diaryl/α,β-unsaturated/α-hetero) is 1. The molecule has 0 aliphatic carbocycles. The number of hydrogen-bond acceptors (Lipinski definition) is 5. The lowest BCUT2D eigenvalue weighted by molar-refractivity contribution is -0.142. The molecule has 2 rings (SSSR count). The molecule has 5 heteroatoms. The Morgan fingerprint density at radius 2 is 1.88 bits per heavy atom. The van der Waals surface area contributed by atoms with Crippen LogP contribution < -0.4 is 4.74 Å². The first-order valence-electron chi connectivity index (χ1n) is 7.36. The predicted octanol–water partition coefficient (Wildman–Crippen LogP) is 2.77. The van der Waals surface area contributed by atoms with E-state index in [4.69, 9.17) is 9.47 Å². The Morgan fingerprint density at radius 1 is 1.12 bits per heavy atom. The molecule has 0 amide bonds. The lowest BCUT2D eigenvalue weighted by Gasteiger charge is -2.06. The van der Waals surface area contributed by atoms with Crippen LogP contribution in [0, 0.1) is 0 Å². The third-order valence-electron chi connectivity index (χ3n) is 3.23. The van der Waals surface area contributed by atoms with E-state index in [1.54, 1.807) is 18.2 Å². The van der Waals surface area contributed by atoms with E-state index in [0.29, 0.717) is 11.3 Å². The predicted molar refractivity (Wildman–Crippen MR) is 89.8 cm³/mol. The first kappa shape index (κ1) is 17.3. The van der Waals surface area contributed by atoms with Crippen molar-refractivity contribution >= 4 is 17.8 Å². The topological polar surface area (TPSA) is 72.8 Å². The second kappa shape index (κ2) is 8.53. The number of rotatable bonds is 7. The quantitative estimate of drug-likeness (QED) is 0.626. The molecule has 0 saturated carbocycles. The van der Waals surface area contributed by atoms with E-state index in [2.05, 4.69) is 0 Å². The van der Waals surface area contributed by atoms with Gasteiger partial charge in [-0.25, -0.2) is 4.79 Å². The number of hydrogen-bond donors (Lipinski definition) is 1. The molecule has 0 fully saturated rings. The Labute approximate surface area is 140 Å². The maximum absolute atomic E-state index is 11.9. The van der Waals surface area contributed by atoms with Crippen molar-refractivity contribution in [2.45, 2.75) is 6.42 Å². The molecule has 0 bridgehead atoms. The highest BCUT2D eigenvalue weighted by Crippen LogP contribution is 2.26. The van der Waals surface area contributed by atoms with Crippen LogP contribution >= 0.6 is 0 Å². The van der Waals surface area contributed by atoms with E-state index in [1.807, 2.05) is 30.3 Å². The summed E-state index contributed by atoms with van der Waals surface area (Å²) < 4.78 is 9.91. The zero-order chi connectivity index (χ0) is 17.4. The molecular formula is C19H18O5. The number of carbonyl (C=O) groups is 2. The zero-order valence-corrected chi connectivity index (χ0v) is 13.3. The molecule has 0 aliphatic rings. The monoisotopic (exact) mass is 326 g/mol. The van der Waals surface area contributed by atoms with Crippen molar-refractivity contribution in [3.05, 3.63) is 65.7 Å². The average Bonchev–Trinajstić information content (AvgIpc) is 2.60. The molecule has 2 aromatic rings. The number of carbonyl (C=O) groups excluding carboxylic acids is 2. The van der Waals surface area contributed by atoms with Crippen LogP contribution in [0.4, 0.5) is 0 Å². The van der Waals surface area contributed by atoms with Crippen LogP contribution in [0.15, 0.2) is 54.6 Å². The second-order valence-electron chi connectivity index (χ2n) is 5.07. The molecule has 0 saturated heterocycles. The van der Waals surface area contributed by atoms with Crippen molar-refractivity contribution in [1.82, 2.24) is 0 Å². The number of aromatic hydroxyl groups is 1. The fourth-order valence-corrected chi connectivity index (χ4v) is 2.04. The molecule has 0 aromatic heterocycles. The number of benzene rings is 2. The van der Waals surface area contributed by atoms with Gasteiger partial charge in [0.25, 0.3) is 0 Å². The number of ketones is 1. The minimum Gasteiger partial charge on any atom is -0.504 e. The summed E-state index contributed by atoms with van der Waals surface area (Å²) in [7, 11) is 1.43. The van der Waals surface area contributed by atoms with Gasteiger partial charge in [-0.1, -0.05) is 36.4 Å². The molecule has 5 nitrogen and oxygen atoms in total.